The summed E-state index contributed by atoms with van der Waals surface area (Å²) >= 11 is 0. The zero-order chi connectivity index (χ0) is 7.45. The van der Waals surface area contributed by atoms with Crippen LogP contribution in [-0.4, -0.2) is 24.3 Å². The van der Waals surface area contributed by atoms with Crippen molar-refractivity contribution in [2.45, 2.75) is 19.3 Å². The van der Waals surface area contributed by atoms with E-state index in [0.29, 0.717) is 6.54 Å². The van der Waals surface area contributed by atoms with Gasteiger partial charge in [0.25, 0.3) is 0 Å². The summed E-state index contributed by atoms with van der Waals surface area (Å²) in [4.78, 5) is 0. The lowest BCUT2D eigenvalue weighted by Gasteiger charge is -2.27. The van der Waals surface area contributed by atoms with E-state index in [0.717, 1.165) is 25.9 Å². The van der Waals surface area contributed by atoms with E-state index in [4.69, 9.17) is 6.42 Å². The molecule has 0 bridgehead atoms. The summed E-state index contributed by atoms with van der Waals surface area (Å²) in [5, 5.41) is 11.5. The number of likely N-dealkylation sites (tertiary alicyclic amines) is 1. The minimum Gasteiger partial charge on any atom is -0.131 e. The molecule has 0 saturated carbocycles. The number of hydrogen-bond donors (Lipinski definition) is 0. The predicted molar refractivity (Wildman–Crippen MR) is 38.2 cm³/mol. The molecule has 1 heterocycles. The van der Waals surface area contributed by atoms with Crippen LogP contribution in [0.3, 0.4) is 0 Å². The third-order valence-electron chi connectivity index (χ3n) is 2.01. The van der Waals surface area contributed by atoms with Crippen LogP contribution >= 0.6 is 0 Å². The molecule has 1 aliphatic heterocycles. The van der Waals surface area contributed by atoms with Crippen LogP contribution < -0.4 is 0 Å². The molecule has 2 nitrogen and oxygen atoms in total. The fourth-order valence-corrected chi connectivity index (χ4v) is 1.41. The molecule has 1 radical (unpaired) electrons. The lowest BCUT2D eigenvalue weighted by molar-refractivity contribution is -1.13. The molecule has 0 aromatic rings. The summed E-state index contributed by atoms with van der Waals surface area (Å²) < 4.78 is -0.142. The van der Waals surface area contributed by atoms with E-state index >= 15 is 0 Å². The number of quaternary nitrogens is 1. The molecular weight excluding hydrogens is 126 g/mol. The quantitative estimate of drug-likeness (QED) is 0.381. The van der Waals surface area contributed by atoms with Crippen molar-refractivity contribution in [2.75, 3.05) is 19.6 Å². The minimum atomic E-state index is -0.142. The Balaban J connectivity index is 2.42. The van der Waals surface area contributed by atoms with Crippen LogP contribution in [0.4, 0.5) is 0 Å². The molecule has 2 heteroatoms. The van der Waals surface area contributed by atoms with Gasteiger partial charge in [-0.25, -0.2) is 0 Å². The number of piperidine rings is 1. The van der Waals surface area contributed by atoms with Crippen LogP contribution in [0.2, 0.25) is 0 Å². The SMILES string of the molecule is C#CC[N+]1([O])CCCCC1. The van der Waals surface area contributed by atoms with Crippen molar-refractivity contribution in [1.82, 2.24) is 0 Å². The number of nitrogens with zero attached hydrogens (tertiary/aromatic N) is 1. The maximum Gasteiger partial charge on any atom is 0.173 e. The van der Waals surface area contributed by atoms with Gasteiger partial charge in [-0.1, -0.05) is 0 Å². The zero-order valence-electron chi connectivity index (χ0n) is 6.18. The molecule has 1 aliphatic rings. The molecule has 0 amide bonds. The van der Waals surface area contributed by atoms with Crippen LogP contribution in [0.1, 0.15) is 19.3 Å². The molecule has 0 atom stereocenters. The van der Waals surface area contributed by atoms with E-state index in [-0.39, 0.29) is 4.65 Å². The average Bonchev–Trinajstić information content (AvgIpc) is 1.89. The third kappa shape index (κ3) is 1.73. The first kappa shape index (κ1) is 7.59. The first-order chi connectivity index (χ1) is 4.77. The summed E-state index contributed by atoms with van der Waals surface area (Å²) in [6.45, 7) is 1.81. The Bertz CT molecular complexity index is 142. The lowest BCUT2D eigenvalue weighted by Crippen LogP contribution is -2.47. The highest BCUT2D eigenvalue weighted by Gasteiger charge is 2.29. The van der Waals surface area contributed by atoms with Crippen molar-refractivity contribution in [3.8, 4) is 12.3 Å². The fourth-order valence-electron chi connectivity index (χ4n) is 1.41. The first-order valence-electron chi connectivity index (χ1n) is 3.77. The van der Waals surface area contributed by atoms with Crippen molar-refractivity contribution in [2.24, 2.45) is 0 Å². The molecule has 1 rings (SSSR count). The molecule has 1 fully saturated rings. The predicted octanol–water partition coefficient (Wildman–Crippen LogP) is 0.966. The van der Waals surface area contributed by atoms with Gasteiger partial charge in [-0.2, -0.15) is 0 Å². The van der Waals surface area contributed by atoms with Crippen LogP contribution in [0.5, 0.6) is 0 Å². The summed E-state index contributed by atoms with van der Waals surface area (Å²) in [7, 11) is 0. The molecule has 0 aliphatic carbocycles. The Morgan fingerprint density at radius 3 is 2.40 bits per heavy atom. The van der Waals surface area contributed by atoms with Gasteiger partial charge >= 0.3 is 0 Å². The first-order valence-corrected chi connectivity index (χ1v) is 3.77. The summed E-state index contributed by atoms with van der Waals surface area (Å²) in [5.74, 6) is 2.44. The monoisotopic (exact) mass is 139 g/mol. The van der Waals surface area contributed by atoms with Crippen molar-refractivity contribution < 1.29 is 9.85 Å². The standard InChI is InChI=1S/C8H13NO/c1-2-6-9(10)7-4-3-5-8-9/h1H,3-8H2/q+1. The van der Waals surface area contributed by atoms with E-state index in [9.17, 15) is 5.21 Å². The Labute approximate surface area is 62.0 Å². The molecule has 0 N–H and O–H groups in total. The number of hydroxylamine groups is 3. The lowest BCUT2D eigenvalue weighted by atomic mass is 10.1. The number of rotatable bonds is 1. The minimum absolute atomic E-state index is 0.142. The van der Waals surface area contributed by atoms with Crippen molar-refractivity contribution in [3.05, 3.63) is 0 Å². The molecule has 55 valence electrons. The molecule has 0 aromatic heterocycles. The molecular formula is C8H13NO+. The van der Waals surface area contributed by atoms with Crippen LogP contribution in [0, 0.1) is 12.3 Å². The van der Waals surface area contributed by atoms with E-state index in [2.05, 4.69) is 5.92 Å². The summed E-state index contributed by atoms with van der Waals surface area (Å²) in [5.41, 5.74) is 0. The highest BCUT2D eigenvalue weighted by molar-refractivity contribution is 4.83. The van der Waals surface area contributed by atoms with Crippen molar-refractivity contribution in [3.63, 3.8) is 0 Å². The molecule has 0 unspecified atom stereocenters. The maximum absolute atomic E-state index is 11.5. The van der Waals surface area contributed by atoms with Gasteiger partial charge in [-0.3, -0.25) is 0 Å². The Hall–Kier alpha value is -0.520. The van der Waals surface area contributed by atoms with Gasteiger partial charge < -0.3 is 0 Å². The van der Waals surface area contributed by atoms with Gasteiger partial charge in [-0.15, -0.1) is 11.1 Å². The highest BCUT2D eigenvalue weighted by Crippen LogP contribution is 2.15. The number of hydrogen-bond acceptors (Lipinski definition) is 0. The smallest absolute Gasteiger partial charge is 0.131 e. The van der Waals surface area contributed by atoms with Gasteiger partial charge in [0, 0.05) is 5.21 Å². The second kappa shape index (κ2) is 3.05. The summed E-state index contributed by atoms with van der Waals surface area (Å²) in [6.07, 6.45) is 8.37. The van der Waals surface area contributed by atoms with Gasteiger partial charge in [0.05, 0.1) is 0 Å². The Morgan fingerprint density at radius 1 is 1.30 bits per heavy atom. The van der Waals surface area contributed by atoms with Gasteiger partial charge in [0.1, 0.15) is 13.1 Å². The Kier molecular flexibility index (Phi) is 2.31. The second-order valence-electron chi connectivity index (χ2n) is 2.93. The molecule has 10 heavy (non-hydrogen) atoms. The van der Waals surface area contributed by atoms with Gasteiger partial charge in [-0.05, 0) is 25.2 Å². The number of terminal acetylenes is 1. The van der Waals surface area contributed by atoms with Crippen molar-refractivity contribution in [1.29, 1.82) is 0 Å². The molecule has 0 spiro atoms. The van der Waals surface area contributed by atoms with E-state index in [1.165, 1.54) is 6.42 Å². The van der Waals surface area contributed by atoms with Crippen LogP contribution in [0.25, 0.3) is 0 Å². The van der Waals surface area contributed by atoms with Gasteiger partial charge in [0.2, 0.25) is 0 Å². The Morgan fingerprint density at radius 2 is 1.90 bits per heavy atom. The van der Waals surface area contributed by atoms with Crippen LogP contribution in [-0.2, 0) is 5.21 Å². The summed E-state index contributed by atoms with van der Waals surface area (Å²) in [6, 6.07) is 0. The fraction of sp³-hybridized carbons (Fsp3) is 0.750. The van der Waals surface area contributed by atoms with E-state index in [1.807, 2.05) is 0 Å². The zero-order valence-corrected chi connectivity index (χ0v) is 6.18. The van der Waals surface area contributed by atoms with Gasteiger partial charge in [0.15, 0.2) is 6.54 Å². The second-order valence-corrected chi connectivity index (χ2v) is 2.93. The third-order valence-corrected chi connectivity index (χ3v) is 2.01. The van der Waals surface area contributed by atoms with Crippen LogP contribution in [0.15, 0.2) is 0 Å². The van der Waals surface area contributed by atoms with E-state index in [1.54, 1.807) is 0 Å². The molecule has 1 saturated heterocycles. The largest absolute Gasteiger partial charge is 0.173 e. The topological polar surface area (TPSA) is 19.9 Å². The van der Waals surface area contributed by atoms with E-state index < -0.39 is 0 Å². The highest BCUT2D eigenvalue weighted by atomic mass is 16.5. The normalized spacial score (nSPS) is 23.6. The molecule has 0 aromatic carbocycles. The van der Waals surface area contributed by atoms with Crippen molar-refractivity contribution >= 4 is 0 Å². The maximum atomic E-state index is 11.5. The average molecular weight is 139 g/mol.